The first-order valence-corrected chi connectivity index (χ1v) is 8.08. The van der Waals surface area contributed by atoms with Gasteiger partial charge in [-0.3, -0.25) is 4.79 Å². The summed E-state index contributed by atoms with van der Waals surface area (Å²) in [6, 6.07) is 14.9. The summed E-state index contributed by atoms with van der Waals surface area (Å²) in [5.41, 5.74) is 3.19. The first kappa shape index (κ1) is 14.6. The number of aromatic nitrogens is 1. The standard InChI is InChI=1S/C20H12N2O4/c21-8-13-18(11-5-6-16-17(7-11)26-10-25-16)14-9-24-15-4-2-1-3-12(15)19(14)22-20(13)23/h1-7H,9-10H2,(H,22,23). The highest BCUT2D eigenvalue weighted by Crippen LogP contribution is 2.42. The number of hydrogen-bond donors (Lipinski definition) is 1. The van der Waals surface area contributed by atoms with Crippen LogP contribution in [-0.2, 0) is 6.61 Å². The molecule has 126 valence electrons. The normalized spacial score (nSPS) is 13.3. The summed E-state index contributed by atoms with van der Waals surface area (Å²) in [4.78, 5) is 15.4. The molecule has 0 unspecified atom stereocenters. The fourth-order valence-electron chi connectivity index (χ4n) is 3.44. The highest BCUT2D eigenvalue weighted by molar-refractivity contribution is 5.83. The summed E-state index contributed by atoms with van der Waals surface area (Å²) in [7, 11) is 0. The second-order valence-corrected chi connectivity index (χ2v) is 6.02. The van der Waals surface area contributed by atoms with Crippen LogP contribution in [0, 0.1) is 11.3 Å². The molecule has 2 aromatic carbocycles. The lowest BCUT2D eigenvalue weighted by Crippen LogP contribution is -2.19. The number of pyridine rings is 1. The van der Waals surface area contributed by atoms with Gasteiger partial charge in [0.05, 0.1) is 5.69 Å². The van der Waals surface area contributed by atoms with Gasteiger partial charge in [0.1, 0.15) is 24.0 Å². The number of H-pyrrole nitrogens is 1. The number of nitrogens with zero attached hydrogens (tertiary/aromatic N) is 1. The highest BCUT2D eigenvalue weighted by Gasteiger charge is 2.26. The van der Waals surface area contributed by atoms with E-state index in [0.29, 0.717) is 28.5 Å². The van der Waals surface area contributed by atoms with E-state index in [4.69, 9.17) is 14.2 Å². The second kappa shape index (κ2) is 5.39. The first-order valence-electron chi connectivity index (χ1n) is 8.08. The van der Waals surface area contributed by atoms with Crippen LogP contribution in [0.2, 0.25) is 0 Å². The van der Waals surface area contributed by atoms with Crippen LogP contribution in [0.4, 0.5) is 0 Å². The van der Waals surface area contributed by atoms with Crippen molar-refractivity contribution in [3.05, 3.63) is 63.9 Å². The van der Waals surface area contributed by atoms with Crippen molar-refractivity contribution < 1.29 is 14.2 Å². The van der Waals surface area contributed by atoms with Gasteiger partial charge in [0.15, 0.2) is 11.5 Å². The number of rotatable bonds is 1. The van der Waals surface area contributed by atoms with Crippen molar-refractivity contribution in [1.82, 2.24) is 4.98 Å². The molecule has 0 spiro atoms. The molecule has 1 N–H and O–H groups in total. The first-order chi connectivity index (χ1) is 12.8. The Balaban J connectivity index is 1.82. The van der Waals surface area contributed by atoms with E-state index in [-0.39, 0.29) is 19.0 Å². The zero-order chi connectivity index (χ0) is 17.7. The zero-order valence-corrected chi connectivity index (χ0v) is 13.5. The molecule has 0 atom stereocenters. The average Bonchev–Trinajstić information content (AvgIpc) is 3.14. The predicted molar refractivity (Wildman–Crippen MR) is 93.1 cm³/mol. The highest BCUT2D eigenvalue weighted by atomic mass is 16.7. The van der Waals surface area contributed by atoms with Gasteiger partial charge in [0, 0.05) is 16.7 Å². The van der Waals surface area contributed by atoms with Crippen molar-refractivity contribution in [2.24, 2.45) is 0 Å². The van der Waals surface area contributed by atoms with E-state index < -0.39 is 5.56 Å². The smallest absolute Gasteiger partial charge is 0.266 e. The summed E-state index contributed by atoms with van der Waals surface area (Å²) >= 11 is 0. The van der Waals surface area contributed by atoms with Crippen molar-refractivity contribution in [3.63, 3.8) is 0 Å². The van der Waals surface area contributed by atoms with Crippen LogP contribution in [0.3, 0.4) is 0 Å². The van der Waals surface area contributed by atoms with Gasteiger partial charge in [-0.1, -0.05) is 18.2 Å². The van der Waals surface area contributed by atoms with Crippen LogP contribution >= 0.6 is 0 Å². The maximum Gasteiger partial charge on any atom is 0.266 e. The molecule has 0 bridgehead atoms. The number of benzene rings is 2. The molecule has 0 aliphatic carbocycles. The number of aromatic amines is 1. The minimum absolute atomic E-state index is 0.0607. The molecule has 0 amide bonds. The zero-order valence-electron chi connectivity index (χ0n) is 13.5. The van der Waals surface area contributed by atoms with Gasteiger partial charge in [0.2, 0.25) is 6.79 Å². The van der Waals surface area contributed by atoms with Crippen LogP contribution in [0.5, 0.6) is 17.2 Å². The Hall–Kier alpha value is -3.72. The van der Waals surface area contributed by atoms with E-state index in [1.165, 1.54) is 0 Å². The number of nitriles is 1. The van der Waals surface area contributed by atoms with Crippen molar-refractivity contribution in [1.29, 1.82) is 5.26 Å². The molecule has 1 aromatic heterocycles. The van der Waals surface area contributed by atoms with Gasteiger partial charge in [-0.25, -0.2) is 0 Å². The maximum absolute atomic E-state index is 12.6. The summed E-state index contributed by atoms with van der Waals surface area (Å²) in [5, 5.41) is 9.58. The van der Waals surface area contributed by atoms with Gasteiger partial charge < -0.3 is 19.2 Å². The number of hydrogen-bond acceptors (Lipinski definition) is 5. The Morgan fingerprint density at radius 2 is 1.85 bits per heavy atom. The number of para-hydroxylation sites is 1. The molecule has 3 heterocycles. The molecule has 0 saturated heterocycles. The Morgan fingerprint density at radius 1 is 1.00 bits per heavy atom. The molecular weight excluding hydrogens is 332 g/mol. The Bertz CT molecular complexity index is 1160. The van der Waals surface area contributed by atoms with Crippen LogP contribution in [0.1, 0.15) is 11.1 Å². The van der Waals surface area contributed by atoms with Gasteiger partial charge in [-0.05, 0) is 29.8 Å². The fourth-order valence-corrected chi connectivity index (χ4v) is 3.44. The summed E-state index contributed by atoms with van der Waals surface area (Å²) in [6.45, 7) is 0.426. The van der Waals surface area contributed by atoms with Gasteiger partial charge in [0.25, 0.3) is 5.56 Å². The van der Waals surface area contributed by atoms with Crippen LogP contribution in [0.25, 0.3) is 22.4 Å². The van der Waals surface area contributed by atoms with E-state index in [0.717, 1.165) is 16.7 Å². The Labute approximate surface area is 148 Å². The van der Waals surface area contributed by atoms with Crippen molar-refractivity contribution in [2.45, 2.75) is 6.61 Å². The van der Waals surface area contributed by atoms with Crippen molar-refractivity contribution >= 4 is 0 Å². The number of ether oxygens (including phenoxy) is 3. The Kier molecular flexibility index (Phi) is 3.03. The minimum Gasteiger partial charge on any atom is -0.488 e. The van der Waals surface area contributed by atoms with Crippen LogP contribution < -0.4 is 19.8 Å². The Morgan fingerprint density at radius 3 is 2.73 bits per heavy atom. The SMILES string of the molecule is N#Cc1c(-c2ccc3c(c2)OCO3)c2c([nH]c1=O)-c1ccccc1OC2. The molecule has 5 rings (SSSR count). The number of nitrogens with one attached hydrogen (secondary N) is 1. The van der Waals surface area contributed by atoms with Gasteiger partial charge in [-0.15, -0.1) is 0 Å². The molecule has 6 heteroatoms. The topological polar surface area (TPSA) is 84.3 Å². The fraction of sp³-hybridized carbons (Fsp3) is 0.100. The molecule has 0 radical (unpaired) electrons. The molecule has 6 nitrogen and oxygen atoms in total. The third kappa shape index (κ3) is 2.01. The van der Waals surface area contributed by atoms with Crippen molar-refractivity contribution in [2.75, 3.05) is 6.79 Å². The van der Waals surface area contributed by atoms with E-state index in [1.807, 2.05) is 36.4 Å². The summed E-state index contributed by atoms with van der Waals surface area (Å²) < 4.78 is 16.6. The molecule has 2 aliphatic rings. The van der Waals surface area contributed by atoms with Crippen LogP contribution in [0.15, 0.2) is 47.3 Å². The maximum atomic E-state index is 12.6. The van der Waals surface area contributed by atoms with Crippen molar-refractivity contribution in [3.8, 4) is 45.7 Å². The predicted octanol–water partition coefficient (Wildman–Crippen LogP) is 3.20. The molecular formula is C20H12N2O4. The monoisotopic (exact) mass is 344 g/mol. The lowest BCUT2D eigenvalue weighted by molar-refractivity contribution is 0.174. The quantitative estimate of drug-likeness (QED) is 0.733. The minimum atomic E-state index is -0.421. The largest absolute Gasteiger partial charge is 0.488 e. The lowest BCUT2D eigenvalue weighted by atomic mass is 9.91. The average molecular weight is 344 g/mol. The van der Waals surface area contributed by atoms with Crippen LogP contribution in [-0.4, -0.2) is 11.8 Å². The van der Waals surface area contributed by atoms with E-state index in [1.54, 1.807) is 12.1 Å². The summed E-state index contributed by atoms with van der Waals surface area (Å²) in [5.74, 6) is 1.95. The molecule has 3 aromatic rings. The second-order valence-electron chi connectivity index (χ2n) is 6.02. The van der Waals surface area contributed by atoms with E-state index in [9.17, 15) is 10.1 Å². The van der Waals surface area contributed by atoms with E-state index in [2.05, 4.69) is 4.98 Å². The van der Waals surface area contributed by atoms with Gasteiger partial charge in [-0.2, -0.15) is 5.26 Å². The summed E-state index contributed by atoms with van der Waals surface area (Å²) in [6.07, 6.45) is 0. The molecule has 0 fully saturated rings. The molecule has 26 heavy (non-hydrogen) atoms. The third-order valence-electron chi connectivity index (χ3n) is 4.62. The van der Waals surface area contributed by atoms with Gasteiger partial charge >= 0.3 is 0 Å². The number of fused-ring (bicyclic) bond motifs is 4. The molecule has 2 aliphatic heterocycles. The lowest BCUT2D eigenvalue weighted by Gasteiger charge is -2.23. The molecule has 0 saturated carbocycles. The van der Waals surface area contributed by atoms with E-state index >= 15 is 0 Å². The third-order valence-corrected chi connectivity index (χ3v) is 4.62.